The van der Waals surface area contributed by atoms with Gasteiger partial charge in [-0.2, -0.15) is 16.7 Å². The van der Waals surface area contributed by atoms with Crippen molar-refractivity contribution in [2.24, 2.45) is 0 Å². The first-order valence-electron chi connectivity index (χ1n) is 5.70. The number of thioether (sulfide) groups is 1. The Morgan fingerprint density at radius 1 is 1.56 bits per heavy atom. The van der Waals surface area contributed by atoms with Crippen LogP contribution in [0.4, 0.5) is 5.00 Å². The van der Waals surface area contributed by atoms with E-state index >= 15 is 0 Å². The van der Waals surface area contributed by atoms with E-state index in [0.717, 1.165) is 34.4 Å². The highest BCUT2D eigenvalue weighted by molar-refractivity contribution is 7.99. The molecule has 18 heavy (non-hydrogen) atoms. The first-order chi connectivity index (χ1) is 8.75. The zero-order chi connectivity index (χ0) is 12.5. The van der Waals surface area contributed by atoms with Crippen molar-refractivity contribution in [1.29, 1.82) is 0 Å². The number of aromatic nitrogens is 2. The highest BCUT2D eigenvalue weighted by Gasteiger charge is 2.26. The topological polar surface area (TPSA) is 68.2 Å². The fraction of sp³-hybridized carbons (Fsp3) is 0.455. The van der Waals surface area contributed by atoms with Gasteiger partial charge >= 0.3 is 0 Å². The average Bonchev–Trinajstić information content (AvgIpc) is 2.98. The van der Waals surface area contributed by atoms with Crippen molar-refractivity contribution in [2.45, 2.75) is 6.04 Å². The van der Waals surface area contributed by atoms with E-state index in [1.807, 2.05) is 23.2 Å². The van der Waals surface area contributed by atoms with Crippen LogP contribution in [-0.2, 0) is 0 Å². The van der Waals surface area contributed by atoms with Gasteiger partial charge in [-0.3, -0.25) is 4.90 Å². The van der Waals surface area contributed by atoms with Crippen molar-refractivity contribution >= 4 is 28.1 Å². The van der Waals surface area contributed by atoms with Crippen LogP contribution >= 0.6 is 23.1 Å². The molecule has 2 aromatic rings. The van der Waals surface area contributed by atoms with E-state index in [0.29, 0.717) is 5.89 Å². The highest BCUT2D eigenvalue weighted by atomic mass is 32.2. The maximum Gasteiger partial charge on any atom is 0.260 e. The van der Waals surface area contributed by atoms with Gasteiger partial charge in [0, 0.05) is 18.1 Å². The van der Waals surface area contributed by atoms with Gasteiger partial charge in [-0.15, -0.1) is 11.3 Å². The van der Waals surface area contributed by atoms with E-state index < -0.39 is 0 Å². The number of hydrogen-bond donors (Lipinski definition) is 1. The minimum atomic E-state index is 0.237. The zero-order valence-electron chi connectivity index (χ0n) is 10.00. The summed E-state index contributed by atoms with van der Waals surface area (Å²) in [5.74, 6) is 3.45. The minimum Gasteiger partial charge on any atom is -0.390 e. The Labute approximate surface area is 113 Å². The molecule has 1 atom stereocenters. The lowest BCUT2D eigenvalue weighted by Gasteiger charge is -2.29. The van der Waals surface area contributed by atoms with Gasteiger partial charge in [-0.25, -0.2) is 0 Å². The summed E-state index contributed by atoms with van der Waals surface area (Å²) in [5.41, 5.74) is 6.70. The molecule has 2 N–H and O–H groups in total. The smallest absolute Gasteiger partial charge is 0.260 e. The maximum absolute atomic E-state index is 5.86. The summed E-state index contributed by atoms with van der Waals surface area (Å²) in [5, 5.41) is 6.74. The lowest BCUT2D eigenvalue weighted by Crippen LogP contribution is -2.33. The molecule has 1 saturated heterocycles. The van der Waals surface area contributed by atoms with Crippen LogP contribution in [0.25, 0.3) is 11.5 Å². The molecule has 0 bridgehead atoms. The second-order valence-corrected chi connectivity index (χ2v) is 6.33. The summed E-state index contributed by atoms with van der Waals surface area (Å²) < 4.78 is 5.32. The molecule has 0 saturated carbocycles. The predicted octanol–water partition coefficient (Wildman–Crippen LogP) is 2.10. The molecule has 5 nitrogen and oxygen atoms in total. The summed E-state index contributed by atoms with van der Waals surface area (Å²) in [6, 6.07) is 2.15. The largest absolute Gasteiger partial charge is 0.390 e. The van der Waals surface area contributed by atoms with Gasteiger partial charge in [0.05, 0.1) is 16.6 Å². The van der Waals surface area contributed by atoms with Gasteiger partial charge in [0.2, 0.25) is 0 Å². The SMILES string of the molecule is CN1CCSCC1c1noc(-c2ccsc2N)n1. The van der Waals surface area contributed by atoms with E-state index in [1.54, 1.807) is 0 Å². The molecule has 0 aromatic carbocycles. The van der Waals surface area contributed by atoms with Crippen LogP contribution in [0.5, 0.6) is 0 Å². The van der Waals surface area contributed by atoms with Crippen LogP contribution in [0.1, 0.15) is 11.9 Å². The maximum atomic E-state index is 5.86. The van der Waals surface area contributed by atoms with Crippen LogP contribution < -0.4 is 5.73 Å². The van der Waals surface area contributed by atoms with Crippen LogP contribution in [0.3, 0.4) is 0 Å². The predicted molar refractivity (Wildman–Crippen MR) is 74.7 cm³/mol. The lowest BCUT2D eigenvalue weighted by atomic mass is 10.2. The van der Waals surface area contributed by atoms with Gasteiger partial charge < -0.3 is 10.3 Å². The standard InChI is InChI=1S/C11H14N4OS2/c1-15-3-5-17-6-8(15)10-13-11(16-14-10)7-2-4-18-9(7)12/h2,4,8H,3,5-6,12H2,1H3. The van der Waals surface area contributed by atoms with Gasteiger partial charge in [0.25, 0.3) is 5.89 Å². The first-order valence-corrected chi connectivity index (χ1v) is 7.74. The molecular formula is C11H14N4OS2. The van der Waals surface area contributed by atoms with E-state index in [2.05, 4.69) is 22.1 Å². The summed E-state index contributed by atoms with van der Waals surface area (Å²) in [6.45, 7) is 1.06. The minimum absolute atomic E-state index is 0.237. The van der Waals surface area contributed by atoms with Crippen molar-refractivity contribution in [2.75, 3.05) is 30.8 Å². The van der Waals surface area contributed by atoms with Crippen LogP contribution in [-0.4, -0.2) is 40.1 Å². The molecule has 1 fully saturated rings. The third-order valence-electron chi connectivity index (χ3n) is 3.06. The average molecular weight is 282 g/mol. The molecule has 1 aliphatic rings. The Kier molecular flexibility index (Phi) is 3.27. The Morgan fingerprint density at radius 3 is 3.17 bits per heavy atom. The summed E-state index contributed by atoms with van der Waals surface area (Å²) in [4.78, 5) is 6.75. The van der Waals surface area contributed by atoms with E-state index in [1.165, 1.54) is 11.3 Å². The molecule has 0 amide bonds. The number of thiophene rings is 1. The molecule has 1 aliphatic heterocycles. The second-order valence-electron chi connectivity index (χ2n) is 4.23. The number of rotatable bonds is 2. The second kappa shape index (κ2) is 4.91. The Balaban J connectivity index is 1.87. The normalized spacial score (nSPS) is 21.3. The molecule has 1 unspecified atom stereocenters. The summed E-state index contributed by atoms with van der Waals surface area (Å²) in [7, 11) is 2.10. The fourth-order valence-electron chi connectivity index (χ4n) is 1.94. The van der Waals surface area contributed by atoms with Crippen LogP contribution in [0.2, 0.25) is 0 Å². The molecule has 0 radical (unpaired) electrons. The van der Waals surface area contributed by atoms with Crippen LogP contribution in [0, 0.1) is 0 Å². The number of nitrogens with zero attached hydrogens (tertiary/aromatic N) is 3. The quantitative estimate of drug-likeness (QED) is 0.909. The molecular weight excluding hydrogens is 268 g/mol. The lowest BCUT2D eigenvalue weighted by molar-refractivity contribution is 0.257. The van der Waals surface area contributed by atoms with E-state index in [4.69, 9.17) is 10.3 Å². The monoisotopic (exact) mass is 282 g/mol. The third kappa shape index (κ3) is 2.13. The van der Waals surface area contributed by atoms with Crippen LogP contribution in [0.15, 0.2) is 16.0 Å². The third-order valence-corrected chi connectivity index (χ3v) is 4.83. The van der Waals surface area contributed by atoms with Gasteiger partial charge in [-0.1, -0.05) is 5.16 Å². The number of nitrogens with two attached hydrogens (primary N) is 1. The molecule has 0 aliphatic carbocycles. The van der Waals surface area contributed by atoms with Crippen molar-refractivity contribution < 1.29 is 4.52 Å². The molecule has 2 aromatic heterocycles. The van der Waals surface area contributed by atoms with Crippen molar-refractivity contribution in [3.8, 4) is 11.5 Å². The van der Waals surface area contributed by atoms with E-state index in [-0.39, 0.29) is 6.04 Å². The molecule has 0 spiro atoms. The van der Waals surface area contributed by atoms with E-state index in [9.17, 15) is 0 Å². The molecule has 3 heterocycles. The molecule has 7 heteroatoms. The summed E-state index contributed by atoms with van der Waals surface area (Å²) >= 11 is 3.41. The van der Waals surface area contributed by atoms with Gasteiger partial charge in [-0.05, 0) is 18.5 Å². The summed E-state index contributed by atoms with van der Waals surface area (Å²) in [6.07, 6.45) is 0. The highest BCUT2D eigenvalue weighted by Crippen LogP contribution is 2.32. The number of hydrogen-bond acceptors (Lipinski definition) is 7. The Morgan fingerprint density at radius 2 is 2.44 bits per heavy atom. The Bertz CT molecular complexity index is 539. The van der Waals surface area contributed by atoms with Crippen molar-refractivity contribution in [3.05, 3.63) is 17.3 Å². The zero-order valence-corrected chi connectivity index (χ0v) is 11.6. The Hall–Kier alpha value is -1.05. The van der Waals surface area contributed by atoms with Gasteiger partial charge in [0.15, 0.2) is 5.82 Å². The van der Waals surface area contributed by atoms with Crippen molar-refractivity contribution in [3.63, 3.8) is 0 Å². The number of anilines is 1. The molecule has 3 rings (SSSR count). The fourth-order valence-corrected chi connectivity index (χ4v) is 3.78. The van der Waals surface area contributed by atoms with Gasteiger partial charge in [0.1, 0.15) is 0 Å². The van der Waals surface area contributed by atoms with Crippen molar-refractivity contribution in [1.82, 2.24) is 15.0 Å². The first kappa shape index (κ1) is 12.0. The number of nitrogen functional groups attached to an aromatic ring is 1. The molecule has 96 valence electrons.